The van der Waals surface area contributed by atoms with E-state index in [4.69, 9.17) is 16.3 Å². The molecule has 1 aliphatic rings. The van der Waals surface area contributed by atoms with E-state index in [1.807, 2.05) is 19.1 Å². The molecule has 0 aliphatic carbocycles. The summed E-state index contributed by atoms with van der Waals surface area (Å²) in [5.74, 6) is -0.701. The third kappa shape index (κ3) is 5.41. The Morgan fingerprint density at radius 3 is 2.74 bits per heavy atom. The van der Waals surface area contributed by atoms with Crippen molar-refractivity contribution in [3.8, 4) is 17.0 Å². The molecule has 3 atom stereocenters. The van der Waals surface area contributed by atoms with Gasteiger partial charge in [-0.2, -0.15) is 0 Å². The van der Waals surface area contributed by atoms with Crippen molar-refractivity contribution in [1.29, 1.82) is 0 Å². The number of carbonyl (C=O) groups is 2. The monoisotopic (exact) mass is 541 g/mol. The molecule has 1 aliphatic heterocycles. The van der Waals surface area contributed by atoms with Crippen LogP contribution < -0.4 is 15.4 Å². The molecule has 0 fully saturated rings. The molecule has 0 saturated heterocycles. The van der Waals surface area contributed by atoms with Gasteiger partial charge in [-0.3, -0.25) is 9.59 Å². The van der Waals surface area contributed by atoms with E-state index in [9.17, 15) is 19.1 Å². The second-order valence-electron chi connectivity index (χ2n) is 9.00. The summed E-state index contributed by atoms with van der Waals surface area (Å²) < 4.78 is 19.3. The van der Waals surface area contributed by atoms with Gasteiger partial charge in [0.15, 0.2) is 0 Å². The van der Waals surface area contributed by atoms with E-state index in [0.29, 0.717) is 39.8 Å². The van der Waals surface area contributed by atoms with Gasteiger partial charge in [0.05, 0.1) is 42.2 Å². The van der Waals surface area contributed by atoms with E-state index in [1.54, 1.807) is 26.1 Å². The zero-order valence-corrected chi connectivity index (χ0v) is 22.2. The second kappa shape index (κ2) is 11.3. The molecule has 3 aromatic rings. The fourth-order valence-electron chi connectivity index (χ4n) is 4.54. The van der Waals surface area contributed by atoms with Crippen LogP contribution in [-0.4, -0.2) is 58.6 Å². The predicted molar refractivity (Wildman–Crippen MR) is 142 cm³/mol. The average molecular weight is 542 g/mol. The number of amides is 2. The molecule has 1 aromatic heterocycles. The fourth-order valence-corrected chi connectivity index (χ4v) is 4.74. The number of methoxy groups -OCH3 is 1. The molecular weight excluding hydrogens is 513 g/mol. The number of benzene rings is 2. The average Bonchev–Trinajstić information content (AvgIpc) is 3.15. The number of nitrogens with zero attached hydrogens (tertiary/aromatic N) is 3. The number of aliphatic hydroxyl groups excluding tert-OH is 1. The standard InChI is InChI=1S/C27H29ClFN5O4/c1-5-22(35)25(16-8-17(29)11-18(9-16)38-4)32-23(36)13-34-14(2)19-7-6-15(10-20(19)26(34)37)24-21(28)12-31-27(30-3)33-24/h6-12,14,22,25,35H,5,13H2,1-4H3,(H,32,36)(H,30,31,33)/t14-,22?,25?/m1/s1. The molecule has 4 rings (SSSR count). The van der Waals surface area contributed by atoms with Crippen LogP contribution in [0.4, 0.5) is 10.3 Å². The number of aromatic nitrogens is 2. The smallest absolute Gasteiger partial charge is 0.255 e. The van der Waals surface area contributed by atoms with Gasteiger partial charge in [-0.1, -0.05) is 30.7 Å². The molecule has 9 nitrogen and oxygen atoms in total. The zero-order valence-electron chi connectivity index (χ0n) is 21.5. The van der Waals surface area contributed by atoms with Crippen molar-refractivity contribution < 1.29 is 23.8 Å². The van der Waals surface area contributed by atoms with Gasteiger partial charge in [0.1, 0.15) is 18.1 Å². The molecule has 2 aromatic carbocycles. The van der Waals surface area contributed by atoms with Crippen LogP contribution in [0, 0.1) is 5.82 Å². The third-order valence-corrected chi connectivity index (χ3v) is 6.90. The largest absolute Gasteiger partial charge is 0.497 e. The molecule has 0 bridgehead atoms. The Kier molecular flexibility index (Phi) is 8.13. The van der Waals surface area contributed by atoms with Crippen molar-refractivity contribution in [2.45, 2.75) is 38.5 Å². The molecular formula is C27H29ClFN5O4. The van der Waals surface area contributed by atoms with E-state index in [2.05, 4.69) is 20.6 Å². The van der Waals surface area contributed by atoms with Gasteiger partial charge < -0.3 is 25.4 Å². The minimum atomic E-state index is -0.975. The number of hydrogen-bond acceptors (Lipinski definition) is 7. The first-order chi connectivity index (χ1) is 18.2. The number of fused-ring (bicyclic) bond motifs is 1. The number of rotatable bonds is 9. The van der Waals surface area contributed by atoms with Crippen LogP contribution in [0.5, 0.6) is 5.75 Å². The number of ether oxygens (including phenoxy) is 1. The molecule has 2 unspecified atom stereocenters. The van der Waals surface area contributed by atoms with Gasteiger partial charge in [0.2, 0.25) is 11.9 Å². The Morgan fingerprint density at radius 2 is 2.05 bits per heavy atom. The first-order valence-corrected chi connectivity index (χ1v) is 12.5. The van der Waals surface area contributed by atoms with E-state index >= 15 is 0 Å². The summed E-state index contributed by atoms with van der Waals surface area (Å²) in [5.41, 5.74) is 2.70. The lowest BCUT2D eigenvalue weighted by Gasteiger charge is -2.27. The minimum Gasteiger partial charge on any atom is -0.497 e. The number of halogens is 2. The normalized spacial score (nSPS) is 16.1. The topological polar surface area (TPSA) is 117 Å². The van der Waals surface area contributed by atoms with Crippen LogP contribution in [0.15, 0.2) is 42.6 Å². The van der Waals surface area contributed by atoms with Crippen LogP contribution in [-0.2, 0) is 4.79 Å². The summed E-state index contributed by atoms with van der Waals surface area (Å²) in [6.45, 7) is 3.34. The third-order valence-electron chi connectivity index (χ3n) is 6.63. The number of anilines is 1. The van der Waals surface area contributed by atoms with Crippen LogP contribution in [0.25, 0.3) is 11.3 Å². The summed E-state index contributed by atoms with van der Waals surface area (Å²) in [6.07, 6.45) is 0.828. The highest BCUT2D eigenvalue weighted by atomic mass is 35.5. The van der Waals surface area contributed by atoms with Gasteiger partial charge in [-0.15, -0.1) is 0 Å². The maximum absolute atomic E-state index is 14.1. The molecule has 3 N–H and O–H groups in total. The first-order valence-electron chi connectivity index (χ1n) is 12.1. The maximum atomic E-state index is 14.1. The number of nitrogens with one attached hydrogen (secondary N) is 2. The summed E-state index contributed by atoms with van der Waals surface area (Å²) in [4.78, 5) is 36.4. The Labute approximate surface area is 225 Å². The molecule has 0 spiro atoms. The second-order valence-corrected chi connectivity index (χ2v) is 9.40. The van der Waals surface area contributed by atoms with E-state index in [1.165, 1.54) is 30.3 Å². The van der Waals surface area contributed by atoms with Crippen LogP contribution in [0.2, 0.25) is 5.02 Å². The summed E-state index contributed by atoms with van der Waals surface area (Å²) in [6, 6.07) is 8.12. The summed E-state index contributed by atoms with van der Waals surface area (Å²) in [7, 11) is 3.10. The van der Waals surface area contributed by atoms with Gasteiger partial charge in [-0.25, -0.2) is 14.4 Å². The predicted octanol–water partition coefficient (Wildman–Crippen LogP) is 4.13. The summed E-state index contributed by atoms with van der Waals surface area (Å²) in [5, 5.41) is 16.6. The van der Waals surface area contributed by atoms with Gasteiger partial charge in [0.25, 0.3) is 5.91 Å². The number of aliphatic hydroxyl groups is 1. The van der Waals surface area contributed by atoms with Crippen LogP contribution in [0.1, 0.15) is 53.8 Å². The number of carbonyl (C=O) groups excluding carboxylic acids is 2. The molecule has 0 saturated carbocycles. The van der Waals surface area contributed by atoms with Gasteiger partial charge in [-0.05, 0) is 42.7 Å². The lowest BCUT2D eigenvalue weighted by atomic mass is 9.99. The maximum Gasteiger partial charge on any atom is 0.255 e. The molecule has 2 heterocycles. The summed E-state index contributed by atoms with van der Waals surface area (Å²) >= 11 is 6.31. The minimum absolute atomic E-state index is 0.248. The van der Waals surface area contributed by atoms with Crippen molar-refractivity contribution in [3.05, 3.63) is 70.1 Å². The van der Waals surface area contributed by atoms with Crippen molar-refractivity contribution in [3.63, 3.8) is 0 Å². The van der Waals surface area contributed by atoms with Crippen LogP contribution in [0.3, 0.4) is 0 Å². The molecule has 200 valence electrons. The molecule has 11 heteroatoms. The first kappa shape index (κ1) is 27.3. The highest BCUT2D eigenvalue weighted by molar-refractivity contribution is 6.33. The van der Waals surface area contributed by atoms with Gasteiger partial charge in [0, 0.05) is 24.2 Å². The Bertz CT molecular complexity index is 1370. The quantitative estimate of drug-likeness (QED) is 0.373. The zero-order chi connectivity index (χ0) is 27.6. The lowest BCUT2D eigenvalue weighted by Crippen LogP contribution is -2.43. The van der Waals surface area contributed by atoms with Crippen molar-refractivity contribution >= 4 is 29.4 Å². The van der Waals surface area contributed by atoms with E-state index in [0.717, 1.165) is 5.56 Å². The highest BCUT2D eigenvalue weighted by Crippen LogP contribution is 2.37. The molecule has 0 radical (unpaired) electrons. The number of hydrogen-bond donors (Lipinski definition) is 3. The Morgan fingerprint density at radius 1 is 1.29 bits per heavy atom. The highest BCUT2D eigenvalue weighted by Gasteiger charge is 2.36. The SMILES string of the molecule is CCC(O)C(NC(=O)CN1C(=O)c2cc(-c3nc(NC)ncc3Cl)ccc2[C@H]1C)c1cc(F)cc(OC)c1. The van der Waals surface area contributed by atoms with Crippen molar-refractivity contribution in [2.75, 3.05) is 26.0 Å². The molecule has 38 heavy (non-hydrogen) atoms. The van der Waals surface area contributed by atoms with Crippen LogP contribution >= 0.6 is 11.6 Å². The lowest BCUT2D eigenvalue weighted by molar-refractivity contribution is -0.123. The van der Waals surface area contributed by atoms with Crippen molar-refractivity contribution in [1.82, 2.24) is 20.2 Å². The van der Waals surface area contributed by atoms with Crippen molar-refractivity contribution in [2.24, 2.45) is 0 Å². The van der Waals surface area contributed by atoms with E-state index < -0.39 is 23.9 Å². The van der Waals surface area contributed by atoms with E-state index in [-0.39, 0.29) is 24.2 Å². The van der Waals surface area contributed by atoms with Gasteiger partial charge >= 0.3 is 0 Å². The molecule has 2 amide bonds. The Balaban J connectivity index is 1.55. The fraction of sp³-hybridized carbons (Fsp3) is 0.333. The Hall–Kier alpha value is -3.76.